The van der Waals surface area contributed by atoms with Gasteiger partial charge in [-0.3, -0.25) is 9.59 Å². The Morgan fingerprint density at radius 1 is 0.962 bits per heavy atom. The van der Waals surface area contributed by atoms with Crippen LogP contribution in [-0.2, 0) is 16.0 Å². The van der Waals surface area contributed by atoms with Gasteiger partial charge in [0.1, 0.15) is 0 Å². The van der Waals surface area contributed by atoms with E-state index in [1.54, 1.807) is 0 Å². The monoisotopic (exact) mass is 368 g/mol. The topological polar surface area (TPSA) is 78.4 Å². The van der Waals surface area contributed by atoms with Crippen LogP contribution in [0.25, 0.3) is 10.1 Å². The molecule has 0 fully saturated rings. The number of benzene rings is 2. The zero-order valence-corrected chi connectivity index (χ0v) is 15.0. The fourth-order valence-electron chi connectivity index (χ4n) is 2.68. The Balaban J connectivity index is 1.46. The molecule has 0 bridgehead atoms. The highest BCUT2D eigenvalue weighted by atomic mass is 32.1. The van der Waals surface area contributed by atoms with E-state index in [2.05, 4.69) is 10.6 Å². The molecule has 0 saturated heterocycles. The van der Waals surface area contributed by atoms with Gasteiger partial charge in [-0.15, -0.1) is 11.3 Å². The molecule has 2 aromatic carbocycles. The quantitative estimate of drug-likeness (QED) is 0.585. The molecule has 134 valence electrons. The Kier molecular flexibility index (Phi) is 5.99. The molecule has 5 nitrogen and oxygen atoms in total. The molecular formula is C20H20N2O3S. The van der Waals surface area contributed by atoms with Crippen molar-refractivity contribution in [1.29, 1.82) is 0 Å². The van der Waals surface area contributed by atoms with E-state index in [-0.39, 0.29) is 6.54 Å². The summed E-state index contributed by atoms with van der Waals surface area (Å²) in [7, 11) is 0. The molecule has 3 rings (SSSR count). The minimum Gasteiger partial charge on any atom is -0.387 e. The molecule has 0 saturated carbocycles. The fourth-order valence-corrected chi connectivity index (χ4v) is 3.69. The Hall–Kier alpha value is -2.70. The Morgan fingerprint density at radius 3 is 2.46 bits per heavy atom. The number of carbonyl (C=O) groups is 2. The first kappa shape index (κ1) is 18.1. The average molecular weight is 368 g/mol. The van der Waals surface area contributed by atoms with Crippen LogP contribution >= 0.6 is 11.3 Å². The van der Waals surface area contributed by atoms with Crippen molar-refractivity contribution in [2.45, 2.75) is 12.5 Å². The number of rotatable bonds is 6. The number of aliphatic hydroxyl groups excluding tert-OH is 1. The Morgan fingerprint density at radius 2 is 1.65 bits per heavy atom. The molecule has 0 aliphatic carbocycles. The first-order valence-corrected chi connectivity index (χ1v) is 9.27. The lowest BCUT2D eigenvalue weighted by Crippen LogP contribution is -2.42. The summed E-state index contributed by atoms with van der Waals surface area (Å²) in [6.07, 6.45) is -0.198. The summed E-state index contributed by atoms with van der Waals surface area (Å²) in [6, 6.07) is 17.5. The van der Waals surface area contributed by atoms with Crippen molar-refractivity contribution in [3.05, 3.63) is 71.1 Å². The number of hydrogen-bond donors (Lipinski definition) is 3. The molecule has 6 heteroatoms. The molecule has 0 spiro atoms. The molecule has 3 N–H and O–H groups in total. The number of fused-ring (bicyclic) bond motifs is 1. The summed E-state index contributed by atoms with van der Waals surface area (Å²) in [6.45, 7) is 0.375. The van der Waals surface area contributed by atoms with Gasteiger partial charge < -0.3 is 15.7 Å². The van der Waals surface area contributed by atoms with Crippen LogP contribution in [0.5, 0.6) is 0 Å². The van der Waals surface area contributed by atoms with Crippen LogP contribution in [0.1, 0.15) is 17.2 Å². The molecule has 0 aliphatic rings. The highest BCUT2D eigenvalue weighted by Gasteiger charge is 2.17. The lowest BCUT2D eigenvalue weighted by atomic mass is 10.1. The minimum atomic E-state index is -0.854. The molecule has 3 aromatic rings. The third-order valence-corrected chi connectivity index (χ3v) is 5.06. The van der Waals surface area contributed by atoms with Gasteiger partial charge in [0.25, 0.3) is 0 Å². The van der Waals surface area contributed by atoms with Crippen LogP contribution < -0.4 is 10.6 Å². The van der Waals surface area contributed by atoms with Crippen molar-refractivity contribution in [2.75, 3.05) is 13.1 Å². The van der Waals surface area contributed by atoms with Crippen molar-refractivity contribution < 1.29 is 14.7 Å². The van der Waals surface area contributed by atoms with Gasteiger partial charge in [0.05, 0.1) is 6.10 Å². The van der Waals surface area contributed by atoms with E-state index in [1.165, 1.54) is 11.3 Å². The lowest BCUT2D eigenvalue weighted by molar-refractivity contribution is -0.139. The zero-order valence-electron chi connectivity index (χ0n) is 14.1. The molecular weight excluding hydrogens is 348 g/mol. The lowest BCUT2D eigenvalue weighted by Gasteiger charge is -2.11. The van der Waals surface area contributed by atoms with Crippen molar-refractivity contribution in [2.24, 2.45) is 0 Å². The molecule has 1 heterocycles. The van der Waals surface area contributed by atoms with Crippen LogP contribution in [0.2, 0.25) is 0 Å². The Bertz CT molecular complexity index is 892. The van der Waals surface area contributed by atoms with Crippen molar-refractivity contribution in [3.8, 4) is 0 Å². The van der Waals surface area contributed by atoms with E-state index in [1.807, 2.05) is 60.0 Å². The maximum atomic E-state index is 11.9. The van der Waals surface area contributed by atoms with Gasteiger partial charge in [-0.25, -0.2) is 0 Å². The predicted octanol–water partition coefficient (Wildman–Crippen LogP) is 2.41. The van der Waals surface area contributed by atoms with Crippen LogP contribution in [0, 0.1) is 0 Å². The molecule has 26 heavy (non-hydrogen) atoms. The highest BCUT2D eigenvalue weighted by molar-refractivity contribution is 7.17. The number of nitrogens with one attached hydrogen (secondary N) is 2. The normalized spacial score (nSPS) is 11.9. The van der Waals surface area contributed by atoms with Gasteiger partial charge in [0.2, 0.25) is 0 Å². The van der Waals surface area contributed by atoms with Gasteiger partial charge in [0, 0.05) is 23.4 Å². The Labute approximate surface area is 155 Å². The van der Waals surface area contributed by atoms with Gasteiger partial charge in [-0.1, -0.05) is 48.5 Å². The van der Waals surface area contributed by atoms with E-state index < -0.39 is 17.9 Å². The van der Waals surface area contributed by atoms with E-state index in [9.17, 15) is 14.7 Å². The minimum absolute atomic E-state index is 0.00827. The second-order valence-corrected chi connectivity index (χ2v) is 6.82. The van der Waals surface area contributed by atoms with E-state index >= 15 is 0 Å². The summed E-state index contributed by atoms with van der Waals surface area (Å²) in [5, 5.41) is 18.2. The summed E-state index contributed by atoms with van der Waals surface area (Å²) in [5.74, 6) is -1.43. The maximum absolute atomic E-state index is 11.9. The number of carbonyl (C=O) groups excluding carboxylic acids is 2. The van der Waals surface area contributed by atoms with Crippen LogP contribution in [-0.4, -0.2) is 30.0 Å². The summed E-state index contributed by atoms with van der Waals surface area (Å²) in [4.78, 5) is 23.7. The molecule has 0 radical (unpaired) electrons. The predicted molar refractivity (Wildman–Crippen MR) is 103 cm³/mol. The molecule has 2 amide bonds. The van der Waals surface area contributed by atoms with Crippen LogP contribution in [0.15, 0.2) is 60.0 Å². The number of aliphatic hydroxyl groups is 1. The molecule has 1 atom stereocenters. The van der Waals surface area contributed by atoms with E-state index in [0.29, 0.717) is 13.0 Å². The van der Waals surface area contributed by atoms with Gasteiger partial charge >= 0.3 is 11.8 Å². The largest absolute Gasteiger partial charge is 0.387 e. The van der Waals surface area contributed by atoms with Crippen LogP contribution in [0.3, 0.4) is 0 Å². The van der Waals surface area contributed by atoms with E-state index in [4.69, 9.17) is 0 Å². The maximum Gasteiger partial charge on any atom is 0.309 e. The van der Waals surface area contributed by atoms with Crippen LogP contribution in [0.4, 0.5) is 0 Å². The van der Waals surface area contributed by atoms with Gasteiger partial charge in [-0.05, 0) is 28.8 Å². The third kappa shape index (κ3) is 4.47. The summed E-state index contributed by atoms with van der Waals surface area (Å²) < 4.78 is 1.08. The first-order valence-electron chi connectivity index (χ1n) is 8.39. The van der Waals surface area contributed by atoms with Crippen molar-refractivity contribution in [3.63, 3.8) is 0 Å². The van der Waals surface area contributed by atoms with E-state index in [0.717, 1.165) is 21.2 Å². The zero-order chi connectivity index (χ0) is 18.4. The number of thiophene rings is 1. The third-order valence-electron chi connectivity index (χ3n) is 4.07. The second kappa shape index (κ2) is 8.60. The smallest absolute Gasteiger partial charge is 0.309 e. The van der Waals surface area contributed by atoms with Crippen molar-refractivity contribution >= 4 is 33.2 Å². The molecule has 1 aromatic heterocycles. The fraction of sp³-hybridized carbons (Fsp3) is 0.200. The summed E-state index contributed by atoms with van der Waals surface area (Å²) in [5.41, 5.74) is 1.85. The molecule has 1 unspecified atom stereocenters. The second-order valence-electron chi connectivity index (χ2n) is 5.90. The molecule has 0 aliphatic heterocycles. The standard InChI is InChI=1S/C20H20N2O3S/c23-17(16-13-26-18-9-5-4-8-15(16)18)12-22-20(25)19(24)21-11-10-14-6-2-1-3-7-14/h1-9,13,17,23H,10-12H2,(H,21,24)(H,22,25). The number of hydrogen-bond acceptors (Lipinski definition) is 4. The van der Waals surface area contributed by atoms with Gasteiger partial charge in [-0.2, -0.15) is 0 Å². The highest BCUT2D eigenvalue weighted by Crippen LogP contribution is 2.29. The average Bonchev–Trinajstić information content (AvgIpc) is 3.11. The SMILES string of the molecule is O=C(NCCc1ccccc1)C(=O)NCC(O)c1csc2ccccc12. The first-order chi connectivity index (χ1) is 12.6. The van der Waals surface area contributed by atoms with Gasteiger partial charge in [0.15, 0.2) is 0 Å². The number of amides is 2. The summed E-state index contributed by atoms with van der Waals surface area (Å²) >= 11 is 1.54. The van der Waals surface area contributed by atoms with Crippen molar-refractivity contribution in [1.82, 2.24) is 10.6 Å².